The molecule has 4 nitrogen and oxygen atoms in total. The Kier molecular flexibility index (Phi) is 2.71. The van der Waals surface area contributed by atoms with Crippen LogP contribution in [0.15, 0.2) is 18.2 Å². The van der Waals surface area contributed by atoms with Crippen LogP contribution in [0.3, 0.4) is 0 Å². The highest BCUT2D eigenvalue weighted by Gasteiger charge is 2.14. The van der Waals surface area contributed by atoms with E-state index in [1.165, 1.54) is 11.0 Å². The lowest BCUT2D eigenvalue weighted by Gasteiger charge is -2.15. The van der Waals surface area contributed by atoms with E-state index in [4.69, 9.17) is 5.73 Å². The summed E-state index contributed by atoms with van der Waals surface area (Å²) in [5.41, 5.74) is 6.68. The third kappa shape index (κ3) is 2.06. The fourth-order valence-corrected chi connectivity index (χ4v) is 1.54. The number of hydrogen-bond acceptors (Lipinski definition) is 3. The number of aromatic nitrogens is 2. The molecule has 90 valence electrons. The molecule has 0 bridgehead atoms. The Bertz CT molecular complexity index is 548. The van der Waals surface area contributed by atoms with Crippen molar-refractivity contribution in [1.82, 2.24) is 10.2 Å². The van der Waals surface area contributed by atoms with Gasteiger partial charge in [-0.05, 0) is 12.1 Å². The van der Waals surface area contributed by atoms with Crippen LogP contribution in [0.2, 0.25) is 0 Å². The van der Waals surface area contributed by atoms with E-state index in [-0.39, 0.29) is 5.69 Å². The molecule has 0 spiro atoms. The van der Waals surface area contributed by atoms with Crippen LogP contribution in [-0.2, 0) is 0 Å². The van der Waals surface area contributed by atoms with E-state index in [9.17, 15) is 8.78 Å². The van der Waals surface area contributed by atoms with Crippen molar-refractivity contribution in [3.63, 3.8) is 0 Å². The van der Waals surface area contributed by atoms with Crippen molar-refractivity contribution in [2.45, 2.75) is 0 Å². The van der Waals surface area contributed by atoms with Gasteiger partial charge in [-0.2, -0.15) is 5.10 Å². The highest BCUT2D eigenvalue weighted by Crippen LogP contribution is 2.28. The van der Waals surface area contributed by atoms with E-state index in [0.29, 0.717) is 17.1 Å². The van der Waals surface area contributed by atoms with Crippen LogP contribution in [0, 0.1) is 11.6 Å². The number of H-pyrrole nitrogens is 1. The topological polar surface area (TPSA) is 57.9 Å². The Morgan fingerprint density at radius 3 is 2.47 bits per heavy atom. The molecule has 2 rings (SSSR count). The number of nitrogens with one attached hydrogen (secondary N) is 1. The normalized spacial score (nSPS) is 10.6. The molecule has 17 heavy (non-hydrogen) atoms. The van der Waals surface area contributed by atoms with E-state index in [1.807, 2.05) is 0 Å². The number of benzene rings is 1. The van der Waals surface area contributed by atoms with Crippen molar-refractivity contribution in [3.8, 4) is 11.3 Å². The minimum absolute atomic E-state index is 0.174. The largest absolute Gasteiger partial charge is 0.382 e. The molecular weight excluding hydrogens is 226 g/mol. The molecule has 2 aromatic rings. The first-order valence-electron chi connectivity index (χ1n) is 4.96. The van der Waals surface area contributed by atoms with Crippen LogP contribution in [0.5, 0.6) is 0 Å². The molecule has 1 aromatic heterocycles. The highest BCUT2D eigenvalue weighted by atomic mass is 19.2. The molecule has 1 heterocycles. The monoisotopic (exact) mass is 238 g/mol. The first kappa shape index (κ1) is 11.4. The zero-order chi connectivity index (χ0) is 12.6. The summed E-state index contributed by atoms with van der Waals surface area (Å²) in [6.45, 7) is 0. The van der Waals surface area contributed by atoms with Gasteiger partial charge >= 0.3 is 0 Å². The first-order chi connectivity index (χ1) is 7.99. The van der Waals surface area contributed by atoms with Gasteiger partial charge in [-0.25, -0.2) is 8.78 Å². The minimum Gasteiger partial charge on any atom is -0.382 e. The molecule has 0 aliphatic heterocycles. The van der Waals surface area contributed by atoms with Gasteiger partial charge in [-0.3, -0.25) is 5.10 Å². The lowest BCUT2D eigenvalue weighted by Crippen LogP contribution is -2.11. The average Bonchev–Trinajstić information content (AvgIpc) is 2.68. The summed E-state index contributed by atoms with van der Waals surface area (Å²) in [5.74, 6) is -1.47. The van der Waals surface area contributed by atoms with Crippen molar-refractivity contribution in [2.75, 3.05) is 24.7 Å². The Labute approximate surface area is 97.0 Å². The molecule has 0 unspecified atom stereocenters. The molecular formula is C11H12F2N4. The lowest BCUT2D eigenvalue weighted by atomic mass is 10.1. The number of nitrogens with two attached hydrogens (primary N) is 1. The highest BCUT2D eigenvalue weighted by molar-refractivity contribution is 5.67. The van der Waals surface area contributed by atoms with Gasteiger partial charge < -0.3 is 10.6 Å². The zero-order valence-electron chi connectivity index (χ0n) is 9.46. The van der Waals surface area contributed by atoms with Crippen LogP contribution >= 0.6 is 0 Å². The van der Waals surface area contributed by atoms with Crippen LogP contribution < -0.4 is 10.6 Å². The fraction of sp³-hybridized carbons (Fsp3) is 0.182. The van der Waals surface area contributed by atoms with Crippen molar-refractivity contribution in [3.05, 3.63) is 29.8 Å². The standard InChI is InChI=1S/C11H12F2N4/c1-17(2)9-4-6(3-7(12)11(9)13)8-5-10(14)16-15-8/h3-5H,1-2H3,(H3,14,15,16). The van der Waals surface area contributed by atoms with Gasteiger partial charge in [0.25, 0.3) is 0 Å². The quantitative estimate of drug-likeness (QED) is 0.841. The second-order valence-electron chi connectivity index (χ2n) is 3.89. The third-order valence-corrected chi connectivity index (χ3v) is 2.40. The number of nitrogen functional groups attached to an aromatic ring is 1. The predicted octanol–water partition coefficient (Wildman–Crippen LogP) is 2.00. The molecule has 3 N–H and O–H groups in total. The number of halogens is 2. The number of rotatable bonds is 2. The molecule has 0 amide bonds. The van der Waals surface area contributed by atoms with Crippen molar-refractivity contribution < 1.29 is 8.78 Å². The van der Waals surface area contributed by atoms with E-state index in [0.717, 1.165) is 6.07 Å². The summed E-state index contributed by atoms with van der Waals surface area (Å²) < 4.78 is 26.9. The van der Waals surface area contributed by atoms with Crippen molar-refractivity contribution in [1.29, 1.82) is 0 Å². The number of aromatic amines is 1. The van der Waals surface area contributed by atoms with Crippen LogP contribution in [-0.4, -0.2) is 24.3 Å². The van der Waals surface area contributed by atoms with E-state index in [2.05, 4.69) is 10.2 Å². The van der Waals surface area contributed by atoms with Gasteiger partial charge in [-0.15, -0.1) is 0 Å². The maximum Gasteiger partial charge on any atom is 0.182 e. The van der Waals surface area contributed by atoms with Crippen LogP contribution in [0.4, 0.5) is 20.3 Å². The molecule has 6 heteroatoms. The second kappa shape index (κ2) is 4.04. The molecule has 0 radical (unpaired) electrons. The third-order valence-electron chi connectivity index (χ3n) is 2.40. The van der Waals surface area contributed by atoms with Crippen LogP contribution in [0.1, 0.15) is 0 Å². The van der Waals surface area contributed by atoms with Gasteiger partial charge in [0.05, 0.1) is 11.4 Å². The summed E-state index contributed by atoms with van der Waals surface area (Å²) in [4.78, 5) is 1.50. The van der Waals surface area contributed by atoms with Gasteiger partial charge in [0, 0.05) is 25.7 Å². The molecule has 0 aliphatic carbocycles. The number of nitrogens with zero attached hydrogens (tertiary/aromatic N) is 2. The number of anilines is 2. The van der Waals surface area contributed by atoms with Gasteiger partial charge in [0.2, 0.25) is 0 Å². The number of hydrogen-bond donors (Lipinski definition) is 2. The molecule has 0 fully saturated rings. The maximum atomic E-state index is 13.5. The second-order valence-corrected chi connectivity index (χ2v) is 3.89. The first-order valence-corrected chi connectivity index (χ1v) is 4.96. The Hall–Kier alpha value is -2.11. The summed E-state index contributed by atoms with van der Waals surface area (Å²) in [5, 5.41) is 6.39. The zero-order valence-corrected chi connectivity index (χ0v) is 9.46. The molecule has 0 saturated heterocycles. The van der Waals surface area contributed by atoms with Crippen molar-refractivity contribution in [2.24, 2.45) is 0 Å². The SMILES string of the molecule is CN(C)c1cc(-c2cc(N)n[nH]2)cc(F)c1F. The van der Waals surface area contributed by atoms with Crippen molar-refractivity contribution >= 4 is 11.5 Å². The molecule has 0 aliphatic rings. The summed E-state index contributed by atoms with van der Waals surface area (Å²) in [6, 6.07) is 4.20. The van der Waals surface area contributed by atoms with E-state index in [1.54, 1.807) is 20.2 Å². The minimum atomic E-state index is -0.903. The Morgan fingerprint density at radius 1 is 1.24 bits per heavy atom. The predicted molar refractivity (Wildman–Crippen MR) is 62.7 cm³/mol. The van der Waals surface area contributed by atoms with Gasteiger partial charge in [0.15, 0.2) is 11.6 Å². The smallest absolute Gasteiger partial charge is 0.182 e. The fourth-order valence-electron chi connectivity index (χ4n) is 1.54. The molecule has 0 saturated carbocycles. The lowest BCUT2D eigenvalue weighted by molar-refractivity contribution is 0.509. The Morgan fingerprint density at radius 2 is 1.94 bits per heavy atom. The van der Waals surface area contributed by atoms with Gasteiger partial charge in [0.1, 0.15) is 5.82 Å². The van der Waals surface area contributed by atoms with E-state index >= 15 is 0 Å². The average molecular weight is 238 g/mol. The Balaban J connectivity index is 2.56. The molecule has 0 atom stereocenters. The summed E-state index contributed by atoms with van der Waals surface area (Å²) >= 11 is 0. The maximum absolute atomic E-state index is 13.5. The summed E-state index contributed by atoms with van der Waals surface area (Å²) in [6.07, 6.45) is 0. The van der Waals surface area contributed by atoms with Crippen LogP contribution in [0.25, 0.3) is 11.3 Å². The van der Waals surface area contributed by atoms with E-state index < -0.39 is 11.6 Å². The summed E-state index contributed by atoms with van der Waals surface area (Å²) in [7, 11) is 3.28. The van der Waals surface area contributed by atoms with Gasteiger partial charge in [-0.1, -0.05) is 0 Å². The molecule has 1 aromatic carbocycles.